The van der Waals surface area contributed by atoms with Gasteiger partial charge in [0.05, 0.1) is 4.92 Å². The molecule has 110 valence electrons. The van der Waals surface area contributed by atoms with Crippen LogP contribution in [0.3, 0.4) is 0 Å². The third-order valence-corrected chi connectivity index (χ3v) is 3.95. The van der Waals surface area contributed by atoms with Crippen molar-refractivity contribution in [3.63, 3.8) is 0 Å². The molecule has 0 aliphatic carbocycles. The molecule has 2 rings (SSSR count). The molecular weight excluding hydrogens is 336 g/mol. The van der Waals surface area contributed by atoms with Crippen molar-refractivity contribution in [1.82, 2.24) is 0 Å². The number of aryl methyl sites for hydroxylation is 1. The summed E-state index contributed by atoms with van der Waals surface area (Å²) in [7, 11) is 1.66. The SMILES string of the molecule is CNc1ccc(COc2ccc(Br)c(C)c2)cc1[N+](=O)[O-]. The summed E-state index contributed by atoms with van der Waals surface area (Å²) in [5.74, 6) is 0.732. The maximum Gasteiger partial charge on any atom is 0.292 e. The van der Waals surface area contributed by atoms with Crippen LogP contribution in [-0.2, 0) is 6.61 Å². The van der Waals surface area contributed by atoms with Crippen molar-refractivity contribution in [2.45, 2.75) is 13.5 Å². The monoisotopic (exact) mass is 350 g/mol. The summed E-state index contributed by atoms with van der Waals surface area (Å²) in [5, 5.41) is 13.8. The van der Waals surface area contributed by atoms with E-state index >= 15 is 0 Å². The van der Waals surface area contributed by atoms with Gasteiger partial charge in [-0.3, -0.25) is 10.1 Å². The fourth-order valence-corrected chi connectivity index (χ4v) is 2.15. The van der Waals surface area contributed by atoms with Crippen LogP contribution in [0.15, 0.2) is 40.9 Å². The van der Waals surface area contributed by atoms with Crippen LogP contribution in [0.1, 0.15) is 11.1 Å². The first kappa shape index (κ1) is 15.3. The first-order valence-corrected chi connectivity index (χ1v) is 7.14. The lowest BCUT2D eigenvalue weighted by Crippen LogP contribution is -2.00. The molecule has 2 aromatic carbocycles. The Morgan fingerprint density at radius 1 is 1.29 bits per heavy atom. The van der Waals surface area contributed by atoms with E-state index in [-0.39, 0.29) is 12.3 Å². The highest BCUT2D eigenvalue weighted by Gasteiger charge is 2.13. The molecular formula is C15H15BrN2O3. The lowest BCUT2D eigenvalue weighted by molar-refractivity contribution is -0.384. The quantitative estimate of drug-likeness (QED) is 0.645. The minimum absolute atomic E-state index is 0.0468. The molecule has 0 unspecified atom stereocenters. The molecule has 0 spiro atoms. The predicted molar refractivity (Wildman–Crippen MR) is 85.9 cm³/mol. The summed E-state index contributed by atoms with van der Waals surface area (Å²) in [6.07, 6.45) is 0. The average Bonchev–Trinajstić information content (AvgIpc) is 2.48. The first-order chi connectivity index (χ1) is 10.0. The molecule has 5 nitrogen and oxygen atoms in total. The van der Waals surface area contributed by atoms with Crippen LogP contribution in [0.4, 0.5) is 11.4 Å². The van der Waals surface area contributed by atoms with Gasteiger partial charge in [-0.15, -0.1) is 0 Å². The van der Waals surface area contributed by atoms with Crippen LogP contribution in [0, 0.1) is 17.0 Å². The molecule has 0 aromatic heterocycles. The molecule has 2 aromatic rings. The molecule has 6 heteroatoms. The van der Waals surface area contributed by atoms with E-state index in [4.69, 9.17) is 4.74 Å². The van der Waals surface area contributed by atoms with Gasteiger partial charge in [0.1, 0.15) is 18.0 Å². The number of nitro groups is 1. The molecule has 0 saturated heterocycles. The Morgan fingerprint density at radius 2 is 2.05 bits per heavy atom. The smallest absolute Gasteiger partial charge is 0.292 e. The van der Waals surface area contributed by atoms with Gasteiger partial charge in [0.2, 0.25) is 0 Å². The molecule has 21 heavy (non-hydrogen) atoms. The second-order valence-electron chi connectivity index (χ2n) is 4.56. The molecule has 0 aliphatic rings. The number of halogens is 1. The van der Waals surface area contributed by atoms with Crippen LogP contribution in [0.5, 0.6) is 5.75 Å². The third kappa shape index (κ3) is 3.72. The number of anilines is 1. The summed E-state index contributed by atoms with van der Waals surface area (Å²) in [6, 6.07) is 10.7. The predicted octanol–water partition coefficient (Wildman–Crippen LogP) is 4.29. The molecule has 0 aliphatic heterocycles. The third-order valence-electron chi connectivity index (χ3n) is 3.06. The summed E-state index contributed by atoms with van der Waals surface area (Å²) in [4.78, 5) is 10.6. The molecule has 0 fully saturated rings. The number of ether oxygens (including phenoxy) is 1. The average molecular weight is 351 g/mol. The Hall–Kier alpha value is -2.08. The molecule has 0 radical (unpaired) electrons. The normalized spacial score (nSPS) is 10.2. The van der Waals surface area contributed by atoms with E-state index in [0.717, 1.165) is 21.3 Å². The van der Waals surface area contributed by atoms with Crippen LogP contribution < -0.4 is 10.1 Å². The molecule has 0 bridgehead atoms. The molecule has 1 N–H and O–H groups in total. The number of rotatable bonds is 5. The van der Waals surface area contributed by atoms with Gasteiger partial charge in [-0.05, 0) is 42.3 Å². The van der Waals surface area contributed by atoms with Crippen LogP contribution in [0.25, 0.3) is 0 Å². The van der Waals surface area contributed by atoms with E-state index in [2.05, 4.69) is 21.2 Å². The topological polar surface area (TPSA) is 64.4 Å². The fraction of sp³-hybridized carbons (Fsp3) is 0.200. The van der Waals surface area contributed by atoms with Gasteiger partial charge in [-0.1, -0.05) is 22.0 Å². The highest BCUT2D eigenvalue weighted by molar-refractivity contribution is 9.10. The zero-order chi connectivity index (χ0) is 15.4. The van der Waals surface area contributed by atoms with Crippen molar-refractivity contribution >= 4 is 27.3 Å². The van der Waals surface area contributed by atoms with Crippen molar-refractivity contribution in [1.29, 1.82) is 0 Å². The molecule has 0 saturated carbocycles. The number of benzene rings is 2. The zero-order valence-electron chi connectivity index (χ0n) is 11.7. The Balaban J connectivity index is 2.14. The second-order valence-corrected chi connectivity index (χ2v) is 5.41. The van der Waals surface area contributed by atoms with Gasteiger partial charge < -0.3 is 10.1 Å². The number of hydrogen-bond donors (Lipinski definition) is 1. The maximum atomic E-state index is 11.0. The van der Waals surface area contributed by atoms with Crippen molar-refractivity contribution < 1.29 is 9.66 Å². The molecule has 0 atom stereocenters. The lowest BCUT2D eigenvalue weighted by Gasteiger charge is -2.09. The van der Waals surface area contributed by atoms with Gasteiger partial charge >= 0.3 is 0 Å². The first-order valence-electron chi connectivity index (χ1n) is 6.35. The highest BCUT2D eigenvalue weighted by atomic mass is 79.9. The minimum atomic E-state index is -0.404. The van der Waals surface area contributed by atoms with Gasteiger partial charge in [-0.25, -0.2) is 0 Å². The Kier molecular flexibility index (Phi) is 4.80. The molecule has 0 heterocycles. The van der Waals surface area contributed by atoms with Gasteiger partial charge in [-0.2, -0.15) is 0 Å². The van der Waals surface area contributed by atoms with Crippen LogP contribution in [0.2, 0.25) is 0 Å². The number of hydrogen-bond acceptors (Lipinski definition) is 4. The maximum absolute atomic E-state index is 11.0. The van der Waals surface area contributed by atoms with E-state index in [0.29, 0.717) is 5.69 Å². The van der Waals surface area contributed by atoms with Crippen molar-refractivity contribution in [3.05, 3.63) is 62.1 Å². The Labute approximate surface area is 131 Å². The van der Waals surface area contributed by atoms with Crippen molar-refractivity contribution in [2.75, 3.05) is 12.4 Å². The van der Waals surface area contributed by atoms with Gasteiger partial charge in [0.15, 0.2) is 0 Å². The summed E-state index contributed by atoms with van der Waals surface area (Å²) in [6.45, 7) is 2.26. The molecule has 0 amide bonds. The van der Waals surface area contributed by atoms with Crippen LogP contribution in [-0.4, -0.2) is 12.0 Å². The Bertz CT molecular complexity index is 674. The number of nitrogens with one attached hydrogen (secondary N) is 1. The Morgan fingerprint density at radius 3 is 2.67 bits per heavy atom. The zero-order valence-corrected chi connectivity index (χ0v) is 13.3. The van der Waals surface area contributed by atoms with Gasteiger partial charge in [0.25, 0.3) is 5.69 Å². The summed E-state index contributed by atoms with van der Waals surface area (Å²) >= 11 is 3.43. The number of nitrogens with zero attached hydrogens (tertiary/aromatic N) is 1. The van der Waals surface area contributed by atoms with Gasteiger partial charge in [0, 0.05) is 17.6 Å². The van der Waals surface area contributed by atoms with Crippen molar-refractivity contribution in [3.8, 4) is 5.75 Å². The minimum Gasteiger partial charge on any atom is -0.489 e. The van der Waals surface area contributed by atoms with Crippen LogP contribution >= 0.6 is 15.9 Å². The lowest BCUT2D eigenvalue weighted by atomic mass is 10.2. The largest absolute Gasteiger partial charge is 0.489 e. The fourth-order valence-electron chi connectivity index (χ4n) is 1.90. The highest BCUT2D eigenvalue weighted by Crippen LogP contribution is 2.26. The standard InChI is InChI=1S/C15H15BrN2O3/c1-10-7-12(4-5-13(10)16)21-9-11-3-6-14(17-2)15(8-11)18(19)20/h3-8,17H,9H2,1-2H3. The van der Waals surface area contributed by atoms with E-state index in [1.807, 2.05) is 31.2 Å². The number of nitro benzene ring substituents is 1. The van der Waals surface area contributed by atoms with E-state index < -0.39 is 4.92 Å². The van der Waals surface area contributed by atoms with E-state index in [1.165, 1.54) is 6.07 Å². The summed E-state index contributed by atoms with van der Waals surface area (Å²) < 4.78 is 6.69. The van der Waals surface area contributed by atoms with E-state index in [1.54, 1.807) is 13.1 Å². The second kappa shape index (κ2) is 6.58. The summed E-state index contributed by atoms with van der Waals surface area (Å²) in [5.41, 5.74) is 2.36. The van der Waals surface area contributed by atoms with E-state index in [9.17, 15) is 10.1 Å². The van der Waals surface area contributed by atoms with Crippen molar-refractivity contribution in [2.24, 2.45) is 0 Å².